The number of ether oxygens (including phenoxy) is 1. The molecule has 2 aromatic carbocycles. The number of aromatic nitrogens is 5. The lowest BCUT2D eigenvalue weighted by atomic mass is 10.2. The van der Waals surface area contributed by atoms with Gasteiger partial charge >= 0.3 is 12.3 Å². The van der Waals surface area contributed by atoms with Crippen LogP contribution in [0.1, 0.15) is 34.9 Å². The van der Waals surface area contributed by atoms with E-state index >= 15 is 0 Å². The smallest absolute Gasteiger partial charge is 0.477 e. The van der Waals surface area contributed by atoms with Gasteiger partial charge < -0.3 is 14.4 Å². The van der Waals surface area contributed by atoms with Crippen molar-refractivity contribution in [1.29, 1.82) is 0 Å². The largest absolute Gasteiger partial charge is 0.573 e. The van der Waals surface area contributed by atoms with E-state index in [-0.39, 0.29) is 23.2 Å². The molecule has 4 aromatic rings. The normalized spacial score (nSPS) is 13.7. The van der Waals surface area contributed by atoms with E-state index in [4.69, 9.17) is 0 Å². The number of alkyl halides is 3. The number of halogens is 3. The molecule has 0 unspecified atom stereocenters. The zero-order valence-electron chi connectivity index (χ0n) is 17.6. The number of hydrogen-bond acceptors (Lipinski definition) is 5. The van der Waals surface area contributed by atoms with Gasteiger partial charge in [0.05, 0.1) is 12.7 Å². The molecule has 0 saturated heterocycles. The fourth-order valence-corrected chi connectivity index (χ4v) is 3.77. The summed E-state index contributed by atoms with van der Waals surface area (Å²) in [6.45, 7) is 0.451. The second kappa shape index (κ2) is 8.32. The topological polar surface area (TPSA) is 95.1 Å². The Hall–Kier alpha value is -4.15. The molecule has 11 heteroatoms. The van der Waals surface area contributed by atoms with Gasteiger partial charge in [-0.2, -0.15) is 0 Å². The SMILES string of the molecule is O=C(O)c1c(-c2cn(Cc3ccccc3)nn2)nc(-c2ccc(OC(F)(F)F)cc2)n1C1CC1. The van der Waals surface area contributed by atoms with Crippen molar-refractivity contribution >= 4 is 5.97 Å². The van der Waals surface area contributed by atoms with Gasteiger partial charge in [0.25, 0.3) is 0 Å². The summed E-state index contributed by atoms with van der Waals surface area (Å²) in [5.41, 5.74) is 1.89. The van der Waals surface area contributed by atoms with Crippen LogP contribution in [0.4, 0.5) is 13.2 Å². The van der Waals surface area contributed by atoms with Gasteiger partial charge in [-0.15, -0.1) is 18.3 Å². The fraction of sp³-hybridized carbons (Fsp3) is 0.217. The fourth-order valence-electron chi connectivity index (χ4n) is 3.77. The van der Waals surface area contributed by atoms with E-state index in [0.717, 1.165) is 18.4 Å². The average Bonchev–Trinajstić information content (AvgIpc) is 3.39. The predicted molar refractivity (Wildman–Crippen MR) is 114 cm³/mol. The summed E-state index contributed by atoms with van der Waals surface area (Å²) in [6.07, 6.45) is -1.62. The van der Waals surface area contributed by atoms with Gasteiger partial charge in [-0.3, -0.25) is 0 Å². The van der Waals surface area contributed by atoms with Gasteiger partial charge in [0.15, 0.2) is 5.69 Å². The molecule has 1 aliphatic carbocycles. The molecule has 0 bridgehead atoms. The lowest BCUT2D eigenvalue weighted by Gasteiger charge is -2.11. The molecule has 0 amide bonds. The van der Waals surface area contributed by atoms with E-state index in [1.54, 1.807) is 15.4 Å². The third-order valence-corrected chi connectivity index (χ3v) is 5.34. The first-order valence-corrected chi connectivity index (χ1v) is 10.4. The van der Waals surface area contributed by atoms with Gasteiger partial charge in [-0.05, 0) is 42.7 Å². The molecule has 1 fully saturated rings. The maximum absolute atomic E-state index is 12.5. The first-order valence-electron chi connectivity index (χ1n) is 10.4. The summed E-state index contributed by atoms with van der Waals surface area (Å²) in [6, 6.07) is 14.7. The molecule has 8 nitrogen and oxygen atoms in total. The Morgan fingerprint density at radius 3 is 2.41 bits per heavy atom. The molecule has 0 spiro atoms. The number of benzene rings is 2. The van der Waals surface area contributed by atoms with Crippen molar-refractivity contribution in [3.05, 3.63) is 72.1 Å². The predicted octanol–water partition coefficient (Wildman–Crippen LogP) is 4.79. The van der Waals surface area contributed by atoms with Crippen molar-refractivity contribution in [2.45, 2.75) is 31.8 Å². The number of nitrogens with zero attached hydrogens (tertiary/aromatic N) is 5. The molecular formula is C23H18F3N5O3. The maximum atomic E-state index is 12.5. The molecule has 1 aliphatic rings. The summed E-state index contributed by atoms with van der Waals surface area (Å²) in [5.74, 6) is -1.20. The summed E-state index contributed by atoms with van der Waals surface area (Å²) < 4.78 is 44.6. The molecule has 2 aromatic heterocycles. The van der Waals surface area contributed by atoms with E-state index < -0.39 is 12.3 Å². The first kappa shape index (κ1) is 21.7. The van der Waals surface area contributed by atoms with Crippen molar-refractivity contribution in [2.75, 3.05) is 0 Å². The molecule has 0 atom stereocenters. The standard InChI is InChI=1S/C23H18F3N5O3/c24-23(25,26)34-17-10-6-15(7-11-17)21-27-19(20(22(32)33)31(21)16-8-9-16)18-13-30(29-28-18)12-14-4-2-1-3-5-14/h1-7,10-11,13,16H,8-9,12H2,(H,32,33). The summed E-state index contributed by atoms with van der Waals surface area (Å²) in [7, 11) is 0. The zero-order valence-corrected chi connectivity index (χ0v) is 17.6. The van der Waals surface area contributed by atoms with Crippen LogP contribution in [0.3, 0.4) is 0 Å². The lowest BCUT2D eigenvalue weighted by molar-refractivity contribution is -0.274. The monoisotopic (exact) mass is 469 g/mol. The van der Waals surface area contributed by atoms with Crippen LogP contribution in [0.5, 0.6) is 5.75 Å². The highest BCUT2D eigenvalue weighted by atomic mass is 19.4. The average molecular weight is 469 g/mol. The molecule has 1 saturated carbocycles. The lowest BCUT2D eigenvalue weighted by Crippen LogP contribution is -2.17. The Labute approximate surface area is 191 Å². The number of carbonyl (C=O) groups is 1. The van der Waals surface area contributed by atoms with Crippen molar-refractivity contribution in [3.8, 4) is 28.5 Å². The second-order valence-electron chi connectivity index (χ2n) is 7.90. The Bertz CT molecular complexity index is 1330. The molecule has 34 heavy (non-hydrogen) atoms. The van der Waals surface area contributed by atoms with Gasteiger partial charge in [0.1, 0.15) is 23.0 Å². The third-order valence-electron chi connectivity index (χ3n) is 5.34. The number of carboxylic acid groups (broad SMARTS) is 1. The molecule has 0 radical (unpaired) electrons. The quantitative estimate of drug-likeness (QED) is 0.418. The van der Waals surface area contributed by atoms with E-state index in [1.165, 1.54) is 24.3 Å². The van der Waals surface area contributed by atoms with Crippen molar-refractivity contribution in [3.63, 3.8) is 0 Å². The Morgan fingerprint density at radius 2 is 1.79 bits per heavy atom. The van der Waals surface area contributed by atoms with E-state index in [0.29, 0.717) is 23.6 Å². The Morgan fingerprint density at radius 1 is 1.09 bits per heavy atom. The minimum atomic E-state index is -4.80. The number of hydrogen-bond donors (Lipinski definition) is 1. The third kappa shape index (κ3) is 4.49. The number of imidazole rings is 1. The zero-order chi connectivity index (χ0) is 23.9. The highest BCUT2D eigenvalue weighted by Gasteiger charge is 2.35. The highest BCUT2D eigenvalue weighted by Crippen LogP contribution is 2.42. The van der Waals surface area contributed by atoms with Gasteiger partial charge in [0, 0.05) is 11.6 Å². The molecule has 1 N–H and O–H groups in total. The second-order valence-corrected chi connectivity index (χ2v) is 7.90. The molecule has 5 rings (SSSR count). The minimum absolute atomic E-state index is 0.0279. The molecule has 2 heterocycles. The summed E-state index contributed by atoms with van der Waals surface area (Å²) in [4.78, 5) is 16.8. The highest BCUT2D eigenvalue weighted by molar-refractivity contribution is 5.94. The van der Waals surface area contributed by atoms with Gasteiger partial charge in [-0.25, -0.2) is 14.5 Å². The summed E-state index contributed by atoms with van der Waals surface area (Å²) in [5, 5.41) is 18.2. The van der Waals surface area contributed by atoms with Crippen molar-refractivity contribution in [2.24, 2.45) is 0 Å². The van der Waals surface area contributed by atoms with E-state index in [1.807, 2.05) is 30.3 Å². The number of aromatic carboxylic acids is 1. The maximum Gasteiger partial charge on any atom is 0.573 e. The van der Waals surface area contributed by atoms with Crippen LogP contribution in [-0.2, 0) is 6.54 Å². The van der Waals surface area contributed by atoms with Gasteiger partial charge in [0.2, 0.25) is 0 Å². The van der Waals surface area contributed by atoms with Crippen LogP contribution in [-0.4, -0.2) is 42.0 Å². The van der Waals surface area contributed by atoms with E-state index in [9.17, 15) is 23.1 Å². The van der Waals surface area contributed by atoms with Crippen LogP contribution in [0.2, 0.25) is 0 Å². The minimum Gasteiger partial charge on any atom is -0.477 e. The van der Waals surface area contributed by atoms with Crippen molar-refractivity contribution in [1.82, 2.24) is 24.5 Å². The van der Waals surface area contributed by atoms with Crippen molar-refractivity contribution < 1.29 is 27.8 Å². The Kier molecular flexibility index (Phi) is 5.31. The molecule has 174 valence electrons. The van der Waals surface area contributed by atoms with Crippen LogP contribution in [0, 0.1) is 0 Å². The van der Waals surface area contributed by atoms with Crippen LogP contribution >= 0.6 is 0 Å². The van der Waals surface area contributed by atoms with Crippen LogP contribution in [0.25, 0.3) is 22.8 Å². The molecule has 0 aliphatic heterocycles. The summed E-state index contributed by atoms with van der Waals surface area (Å²) >= 11 is 0. The van der Waals surface area contributed by atoms with Crippen LogP contribution < -0.4 is 4.74 Å². The van der Waals surface area contributed by atoms with E-state index in [2.05, 4.69) is 20.0 Å². The number of rotatable bonds is 7. The first-order chi connectivity index (χ1) is 16.3. The van der Waals surface area contributed by atoms with Crippen LogP contribution in [0.15, 0.2) is 60.8 Å². The Balaban J connectivity index is 1.53. The molecular weight excluding hydrogens is 451 g/mol. The number of carboxylic acids is 1. The van der Waals surface area contributed by atoms with Gasteiger partial charge in [-0.1, -0.05) is 35.5 Å².